The fourth-order valence-electron chi connectivity index (χ4n) is 6.19. The smallest absolute Gasteiger partial charge is 0.255 e. The molecule has 3 atom stereocenters. The minimum absolute atomic E-state index is 0.0682. The summed E-state index contributed by atoms with van der Waals surface area (Å²) in [7, 11) is -4.09. The predicted molar refractivity (Wildman–Crippen MR) is 141 cm³/mol. The fraction of sp³-hybridized carbons (Fsp3) is 0.444. The van der Waals surface area contributed by atoms with E-state index in [1.807, 2.05) is 0 Å². The van der Waals surface area contributed by atoms with Crippen LogP contribution in [0.15, 0.2) is 35.2 Å². The second-order valence-electron chi connectivity index (χ2n) is 10.8. The van der Waals surface area contributed by atoms with Gasteiger partial charge in [-0.05, 0) is 62.1 Å². The number of sulfone groups is 1. The molecular weight excluding hydrogens is 587 g/mol. The lowest BCUT2D eigenvalue weighted by Gasteiger charge is -2.42. The average molecular weight is 614 g/mol. The summed E-state index contributed by atoms with van der Waals surface area (Å²) in [5, 5.41) is 17.9. The third-order valence-corrected chi connectivity index (χ3v) is 11.1. The molecule has 1 heterocycles. The molecule has 2 unspecified atom stereocenters. The molecular formula is C27H27ClF3N3O6S. The molecule has 0 radical (unpaired) electrons. The van der Waals surface area contributed by atoms with E-state index in [1.54, 1.807) is 0 Å². The zero-order chi connectivity index (χ0) is 29.7. The van der Waals surface area contributed by atoms with Gasteiger partial charge in [-0.2, -0.15) is 0 Å². The summed E-state index contributed by atoms with van der Waals surface area (Å²) >= 11 is 6.25. The maximum Gasteiger partial charge on any atom is 0.255 e. The normalized spacial score (nSPS) is 27.4. The van der Waals surface area contributed by atoms with E-state index in [1.165, 1.54) is 12.1 Å². The standard InChI is InChI=1S/C27H27ClF3N3O6S/c28-18-4-1-13(25(36)33-16-10-19(29)24(31)20(30)11-16)7-22(18)41(39,40)17-8-14-2-3-15(9-17)27(14,38)12-32-26(37)21-5-6-23(35)34-21/h1,4,7,10-11,14-15,17,21,38H,2-3,5-6,8-9,12H2,(H,32,37)(H,33,36)(H,34,35)/t14?,15?,17?,21-,27?/m1/s1. The van der Waals surface area contributed by atoms with E-state index in [2.05, 4.69) is 16.0 Å². The van der Waals surface area contributed by atoms with Gasteiger partial charge in [0.1, 0.15) is 6.04 Å². The first-order chi connectivity index (χ1) is 19.3. The summed E-state index contributed by atoms with van der Waals surface area (Å²) in [5.74, 6) is -7.05. The van der Waals surface area contributed by atoms with E-state index >= 15 is 0 Å². The van der Waals surface area contributed by atoms with Gasteiger partial charge in [-0.3, -0.25) is 14.4 Å². The number of hydrogen-bond donors (Lipinski definition) is 4. The van der Waals surface area contributed by atoms with Crippen LogP contribution in [0.5, 0.6) is 0 Å². The van der Waals surface area contributed by atoms with Crippen molar-refractivity contribution in [1.82, 2.24) is 10.6 Å². The fourth-order valence-corrected chi connectivity index (χ4v) is 8.59. The molecule has 2 saturated carbocycles. The number of hydrogen-bond acceptors (Lipinski definition) is 6. The second-order valence-corrected chi connectivity index (χ2v) is 13.4. The van der Waals surface area contributed by atoms with Crippen LogP contribution in [-0.4, -0.2) is 54.7 Å². The molecule has 14 heteroatoms. The summed E-state index contributed by atoms with van der Waals surface area (Å²) in [5.41, 5.74) is -1.83. The number of carbonyl (C=O) groups is 3. The third kappa shape index (κ3) is 5.54. The van der Waals surface area contributed by atoms with Crippen molar-refractivity contribution in [1.29, 1.82) is 0 Å². The molecule has 9 nitrogen and oxygen atoms in total. The molecule has 0 aromatic heterocycles. The molecule has 3 amide bonds. The van der Waals surface area contributed by atoms with E-state index in [0.717, 1.165) is 6.07 Å². The van der Waals surface area contributed by atoms with Crippen molar-refractivity contribution in [2.75, 3.05) is 11.9 Å². The lowest BCUT2D eigenvalue weighted by atomic mass is 9.74. The first-order valence-corrected chi connectivity index (χ1v) is 15.0. The lowest BCUT2D eigenvalue weighted by Crippen LogP contribution is -2.56. The van der Waals surface area contributed by atoms with Crippen LogP contribution in [0.25, 0.3) is 0 Å². The Bertz CT molecular complexity index is 1500. The number of fused-ring (bicyclic) bond motifs is 2. The molecule has 2 aromatic rings. The third-order valence-electron chi connectivity index (χ3n) is 8.41. The maximum atomic E-state index is 13.7. The Morgan fingerprint density at radius 3 is 2.27 bits per heavy atom. The number of rotatable bonds is 7. The highest BCUT2D eigenvalue weighted by molar-refractivity contribution is 7.92. The van der Waals surface area contributed by atoms with Gasteiger partial charge in [0.15, 0.2) is 27.3 Å². The predicted octanol–water partition coefficient (Wildman–Crippen LogP) is 3.10. The van der Waals surface area contributed by atoms with E-state index in [-0.39, 0.29) is 52.9 Å². The quantitative estimate of drug-likeness (QED) is 0.354. The van der Waals surface area contributed by atoms with Crippen LogP contribution in [0.3, 0.4) is 0 Å². The molecule has 2 bridgehead atoms. The van der Waals surface area contributed by atoms with E-state index < -0.39 is 67.8 Å². The topological polar surface area (TPSA) is 142 Å². The van der Waals surface area contributed by atoms with Gasteiger partial charge < -0.3 is 21.1 Å². The number of anilines is 1. The summed E-state index contributed by atoms with van der Waals surface area (Å²) in [4.78, 5) is 36.3. The van der Waals surface area contributed by atoms with Crippen molar-refractivity contribution in [3.05, 3.63) is 58.4 Å². The molecule has 1 aliphatic heterocycles. The van der Waals surface area contributed by atoms with Crippen molar-refractivity contribution < 1.29 is 41.1 Å². The van der Waals surface area contributed by atoms with Gasteiger partial charge >= 0.3 is 0 Å². The number of benzene rings is 2. The van der Waals surface area contributed by atoms with Gasteiger partial charge in [-0.15, -0.1) is 0 Å². The number of halogens is 4. The summed E-state index contributed by atoms with van der Waals surface area (Å²) in [6.07, 6.45) is 1.95. The second kappa shape index (κ2) is 10.9. The monoisotopic (exact) mass is 613 g/mol. The van der Waals surface area contributed by atoms with Gasteiger partial charge in [-0.25, -0.2) is 21.6 Å². The highest BCUT2D eigenvalue weighted by Crippen LogP contribution is 2.52. The van der Waals surface area contributed by atoms with Crippen LogP contribution in [0.1, 0.15) is 48.9 Å². The SMILES string of the molecule is O=C1CC[C@H](C(=O)NCC2(O)C3CCC2CC(S(=O)(=O)c2cc(C(=O)Nc4cc(F)c(F)c(F)c4)ccc2Cl)C3)N1. The zero-order valence-electron chi connectivity index (χ0n) is 21.6. The van der Waals surface area contributed by atoms with Crippen molar-refractivity contribution in [3.63, 3.8) is 0 Å². The zero-order valence-corrected chi connectivity index (χ0v) is 23.1. The number of aliphatic hydroxyl groups is 1. The van der Waals surface area contributed by atoms with Crippen molar-refractivity contribution in [3.8, 4) is 0 Å². The van der Waals surface area contributed by atoms with Crippen LogP contribution in [-0.2, 0) is 19.4 Å². The Hall–Kier alpha value is -3.16. The summed E-state index contributed by atoms with van der Waals surface area (Å²) < 4.78 is 67.8. The Labute approximate surface area is 238 Å². The number of amides is 3. The van der Waals surface area contributed by atoms with E-state index in [9.17, 15) is 41.1 Å². The molecule has 3 aliphatic rings. The van der Waals surface area contributed by atoms with Gasteiger partial charge in [0.05, 0.1) is 20.8 Å². The minimum Gasteiger partial charge on any atom is -0.387 e. The first-order valence-electron chi connectivity index (χ1n) is 13.1. The Morgan fingerprint density at radius 2 is 1.68 bits per heavy atom. The van der Waals surface area contributed by atoms with Crippen LogP contribution < -0.4 is 16.0 Å². The van der Waals surface area contributed by atoms with Crippen molar-refractivity contribution in [2.24, 2.45) is 11.8 Å². The molecule has 41 heavy (non-hydrogen) atoms. The molecule has 1 saturated heterocycles. The molecule has 2 aliphatic carbocycles. The van der Waals surface area contributed by atoms with Crippen LogP contribution in [0, 0.1) is 29.3 Å². The molecule has 5 rings (SSSR count). The average Bonchev–Trinajstić information content (AvgIpc) is 3.38. The van der Waals surface area contributed by atoms with Crippen molar-refractivity contribution in [2.45, 2.75) is 60.3 Å². The van der Waals surface area contributed by atoms with E-state index in [4.69, 9.17) is 11.6 Å². The first kappa shape index (κ1) is 29.3. The van der Waals surface area contributed by atoms with Crippen LogP contribution in [0.2, 0.25) is 5.02 Å². The summed E-state index contributed by atoms with van der Waals surface area (Å²) in [6, 6.07) is 4.06. The van der Waals surface area contributed by atoms with Crippen LogP contribution >= 0.6 is 11.6 Å². The molecule has 3 fully saturated rings. The highest BCUT2D eigenvalue weighted by Gasteiger charge is 2.56. The number of nitrogens with one attached hydrogen (secondary N) is 3. The van der Waals surface area contributed by atoms with Gasteiger partial charge in [0, 0.05) is 36.3 Å². The van der Waals surface area contributed by atoms with Gasteiger partial charge in [0.25, 0.3) is 5.91 Å². The molecule has 4 N–H and O–H groups in total. The van der Waals surface area contributed by atoms with E-state index in [0.29, 0.717) is 31.4 Å². The highest BCUT2D eigenvalue weighted by atomic mass is 35.5. The largest absolute Gasteiger partial charge is 0.387 e. The Morgan fingerprint density at radius 1 is 1.05 bits per heavy atom. The van der Waals surface area contributed by atoms with Crippen molar-refractivity contribution >= 4 is 44.8 Å². The molecule has 220 valence electrons. The minimum atomic E-state index is -4.09. The maximum absolute atomic E-state index is 13.7. The Kier molecular flexibility index (Phi) is 7.81. The molecule has 0 spiro atoms. The summed E-state index contributed by atoms with van der Waals surface area (Å²) in [6.45, 7) is -0.0682. The Balaban J connectivity index is 1.30. The number of carbonyl (C=O) groups excluding carboxylic acids is 3. The van der Waals surface area contributed by atoms with Gasteiger partial charge in [-0.1, -0.05) is 11.6 Å². The van der Waals surface area contributed by atoms with Crippen LogP contribution in [0.4, 0.5) is 18.9 Å². The van der Waals surface area contributed by atoms with Gasteiger partial charge in [0.2, 0.25) is 11.8 Å². The lowest BCUT2D eigenvalue weighted by molar-refractivity contribution is -0.128. The molecule has 2 aromatic carbocycles.